The van der Waals surface area contributed by atoms with Gasteiger partial charge in [0.15, 0.2) is 0 Å². The van der Waals surface area contributed by atoms with E-state index in [1.165, 1.54) is 12.0 Å². The number of aromatic nitrogens is 1. The Bertz CT molecular complexity index is 422. The van der Waals surface area contributed by atoms with Crippen LogP contribution in [0.4, 0.5) is 0 Å². The van der Waals surface area contributed by atoms with Crippen LogP contribution < -0.4 is 0 Å². The van der Waals surface area contributed by atoms with Gasteiger partial charge in [0.05, 0.1) is 5.92 Å². The van der Waals surface area contributed by atoms with Crippen molar-refractivity contribution in [2.24, 2.45) is 5.92 Å². The zero-order chi connectivity index (χ0) is 14.3. The third-order valence-electron chi connectivity index (χ3n) is 2.63. The van der Waals surface area contributed by atoms with Crippen molar-refractivity contribution in [2.45, 2.75) is 13.5 Å². The van der Waals surface area contributed by atoms with Gasteiger partial charge in [0.2, 0.25) is 5.91 Å². The highest BCUT2D eigenvalue weighted by atomic mass is 16.5. The summed E-state index contributed by atoms with van der Waals surface area (Å²) in [5, 5.41) is 8.93. The van der Waals surface area contributed by atoms with E-state index < -0.39 is 11.9 Å². The number of hydrogen-bond acceptors (Lipinski definition) is 4. The van der Waals surface area contributed by atoms with Gasteiger partial charge in [-0.2, -0.15) is 0 Å². The Morgan fingerprint density at radius 2 is 2.26 bits per heavy atom. The molecule has 0 spiro atoms. The second-order valence-corrected chi connectivity index (χ2v) is 4.31. The lowest BCUT2D eigenvalue weighted by Crippen LogP contribution is -2.38. The van der Waals surface area contributed by atoms with Crippen LogP contribution in [0.15, 0.2) is 24.5 Å². The molecule has 1 aromatic heterocycles. The lowest BCUT2D eigenvalue weighted by molar-refractivity contribution is -0.144. The zero-order valence-electron chi connectivity index (χ0n) is 11.1. The predicted molar refractivity (Wildman–Crippen MR) is 68.3 cm³/mol. The average molecular weight is 266 g/mol. The van der Waals surface area contributed by atoms with E-state index in [4.69, 9.17) is 9.84 Å². The SMILES string of the molecule is COCC(=O)N(Cc1cccnc1)CC(C)C(=O)O. The Morgan fingerprint density at radius 1 is 1.53 bits per heavy atom. The summed E-state index contributed by atoms with van der Waals surface area (Å²) < 4.78 is 4.81. The fourth-order valence-corrected chi connectivity index (χ4v) is 1.59. The summed E-state index contributed by atoms with van der Waals surface area (Å²) in [6.07, 6.45) is 3.29. The van der Waals surface area contributed by atoms with E-state index in [0.29, 0.717) is 6.54 Å². The van der Waals surface area contributed by atoms with Crippen LogP contribution in [-0.2, 0) is 20.9 Å². The second-order valence-electron chi connectivity index (χ2n) is 4.31. The molecule has 1 heterocycles. The minimum absolute atomic E-state index is 0.0629. The summed E-state index contributed by atoms with van der Waals surface area (Å²) in [4.78, 5) is 28.2. The van der Waals surface area contributed by atoms with Crippen LogP contribution in [0.25, 0.3) is 0 Å². The highest BCUT2D eigenvalue weighted by molar-refractivity contribution is 5.78. The Morgan fingerprint density at radius 3 is 2.79 bits per heavy atom. The van der Waals surface area contributed by atoms with E-state index in [0.717, 1.165) is 5.56 Å². The summed E-state index contributed by atoms with van der Waals surface area (Å²) in [5.74, 6) is -1.79. The molecule has 1 atom stereocenters. The molecule has 0 bridgehead atoms. The molecule has 1 aromatic rings. The number of aliphatic carboxylic acids is 1. The van der Waals surface area contributed by atoms with Crippen LogP contribution in [-0.4, -0.2) is 47.1 Å². The van der Waals surface area contributed by atoms with E-state index in [2.05, 4.69) is 4.98 Å². The van der Waals surface area contributed by atoms with Gasteiger partial charge in [0.1, 0.15) is 6.61 Å². The van der Waals surface area contributed by atoms with Crippen LogP contribution in [0.1, 0.15) is 12.5 Å². The second kappa shape index (κ2) is 7.48. The van der Waals surface area contributed by atoms with Crippen molar-refractivity contribution in [3.8, 4) is 0 Å². The van der Waals surface area contributed by atoms with E-state index in [9.17, 15) is 9.59 Å². The molecular formula is C13H18N2O4. The Kier molecular flexibility index (Phi) is 5.95. The number of hydrogen-bond donors (Lipinski definition) is 1. The van der Waals surface area contributed by atoms with E-state index >= 15 is 0 Å². The number of methoxy groups -OCH3 is 1. The first kappa shape index (κ1) is 15.1. The lowest BCUT2D eigenvalue weighted by Gasteiger charge is -2.24. The molecule has 1 unspecified atom stereocenters. The number of pyridine rings is 1. The summed E-state index contributed by atoms with van der Waals surface area (Å²) >= 11 is 0. The standard InChI is InChI=1S/C13H18N2O4/c1-10(13(17)18)7-15(12(16)9-19-2)8-11-4-3-5-14-6-11/h3-6,10H,7-9H2,1-2H3,(H,17,18). The van der Waals surface area contributed by atoms with Crippen molar-refractivity contribution in [2.75, 3.05) is 20.3 Å². The molecule has 1 rings (SSSR count). The molecule has 0 aromatic carbocycles. The van der Waals surface area contributed by atoms with Gasteiger partial charge in [0.25, 0.3) is 0 Å². The summed E-state index contributed by atoms with van der Waals surface area (Å²) in [6, 6.07) is 3.61. The van der Waals surface area contributed by atoms with Crippen molar-refractivity contribution in [1.29, 1.82) is 0 Å². The van der Waals surface area contributed by atoms with Crippen molar-refractivity contribution in [1.82, 2.24) is 9.88 Å². The molecule has 1 N–H and O–H groups in total. The van der Waals surface area contributed by atoms with Gasteiger partial charge in [-0.3, -0.25) is 14.6 Å². The highest BCUT2D eigenvalue weighted by Crippen LogP contribution is 2.07. The number of carboxylic acid groups (broad SMARTS) is 1. The van der Waals surface area contributed by atoms with Crippen LogP contribution >= 0.6 is 0 Å². The number of ether oxygens (including phenoxy) is 1. The molecule has 0 radical (unpaired) electrons. The molecule has 0 aliphatic rings. The Balaban J connectivity index is 2.74. The maximum Gasteiger partial charge on any atom is 0.308 e. The van der Waals surface area contributed by atoms with Crippen molar-refractivity contribution >= 4 is 11.9 Å². The highest BCUT2D eigenvalue weighted by Gasteiger charge is 2.20. The third-order valence-corrected chi connectivity index (χ3v) is 2.63. The molecular weight excluding hydrogens is 248 g/mol. The number of nitrogens with zero attached hydrogens (tertiary/aromatic N) is 2. The Hall–Kier alpha value is -1.95. The van der Waals surface area contributed by atoms with Gasteiger partial charge in [-0.1, -0.05) is 13.0 Å². The van der Waals surface area contributed by atoms with Gasteiger partial charge in [-0.15, -0.1) is 0 Å². The van der Waals surface area contributed by atoms with Gasteiger partial charge in [-0.05, 0) is 11.6 Å². The topological polar surface area (TPSA) is 79.7 Å². The maximum atomic E-state index is 11.9. The van der Waals surface area contributed by atoms with Crippen LogP contribution in [0, 0.1) is 5.92 Å². The number of amides is 1. The zero-order valence-corrected chi connectivity index (χ0v) is 11.1. The van der Waals surface area contributed by atoms with E-state index in [1.54, 1.807) is 25.4 Å². The molecule has 0 fully saturated rings. The van der Waals surface area contributed by atoms with E-state index in [1.807, 2.05) is 6.07 Å². The predicted octanol–water partition coefficient (Wildman–Crippen LogP) is 0.777. The number of carbonyl (C=O) groups excluding carboxylic acids is 1. The van der Waals surface area contributed by atoms with Crippen molar-refractivity contribution in [3.63, 3.8) is 0 Å². The normalized spacial score (nSPS) is 11.9. The molecule has 1 amide bonds. The summed E-state index contributed by atoms with van der Waals surface area (Å²) in [5.41, 5.74) is 0.851. The molecule has 19 heavy (non-hydrogen) atoms. The molecule has 0 saturated carbocycles. The largest absolute Gasteiger partial charge is 0.481 e. The third kappa shape index (κ3) is 5.05. The molecule has 6 heteroatoms. The molecule has 0 aliphatic carbocycles. The molecule has 0 aliphatic heterocycles. The van der Waals surface area contributed by atoms with Crippen LogP contribution in [0.5, 0.6) is 0 Å². The van der Waals surface area contributed by atoms with Crippen LogP contribution in [0.3, 0.4) is 0 Å². The smallest absolute Gasteiger partial charge is 0.308 e. The van der Waals surface area contributed by atoms with E-state index in [-0.39, 0.29) is 19.1 Å². The summed E-state index contributed by atoms with van der Waals surface area (Å²) in [6.45, 7) is 1.98. The monoisotopic (exact) mass is 266 g/mol. The van der Waals surface area contributed by atoms with Gasteiger partial charge < -0.3 is 14.7 Å². The molecule has 0 saturated heterocycles. The number of carboxylic acids is 1. The minimum Gasteiger partial charge on any atom is -0.481 e. The maximum absolute atomic E-state index is 11.9. The fourth-order valence-electron chi connectivity index (χ4n) is 1.59. The van der Waals surface area contributed by atoms with Gasteiger partial charge >= 0.3 is 5.97 Å². The minimum atomic E-state index is -0.929. The first-order chi connectivity index (χ1) is 9.04. The number of carbonyl (C=O) groups is 2. The quantitative estimate of drug-likeness (QED) is 0.788. The lowest BCUT2D eigenvalue weighted by atomic mass is 10.1. The fraction of sp³-hybridized carbons (Fsp3) is 0.462. The van der Waals surface area contributed by atoms with Crippen LogP contribution in [0.2, 0.25) is 0 Å². The average Bonchev–Trinajstić information content (AvgIpc) is 2.39. The van der Waals surface area contributed by atoms with Gasteiger partial charge in [0, 0.05) is 32.6 Å². The first-order valence-electron chi connectivity index (χ1n) is 5.93. The Labute approximate surface area is 112 Å². The number of rotatable bonds is 7. The van der Waals surface area contributed by atoms with Crippen molar-refractivity contribution < 1.29 is 19.4 Å². The summed E-state index contributed by atoms with van der Waals surface area (Å²) in [7, 11) is 1.43. The van der Waals surface area contributed by atoms with Crippen molar-refractivity contribution in [3.05, 3.63) is 30.1 Å². The van der Waals surface area contributed by atoms with Gasteiger partial charge in [-0.25, -0.2) is 0 Å². The molecule has 6 nitrogen and oxygen atoms in total. The molecule has 104 valence electrons. The first-order valence-corrected chi connectivity index (χ1v) is 5.93.